The van der Waals surface area contributed by atoms with Gasteiger partial charge in [-0.05, 0) is 11.1 Å². The van der Waals surface area contributed by atoms with Crippen LogP contribution >= 0.6 is 11.6 Å². The van der Waals surface area contributed by atoms with Crippen LogP contribution in [0.2, 0.25) is 5.02 Å². The molecule has 0 aliphatic heterocycles. The summed E-state index contributed by atoms with van der Waals surface area (Å²) < 4.78 is 13.4. The minimum atomic E-state index is -0.722. The zero-order chi connectivity index (χ0) is 15.4. The van der Waals surface area contributed by atoms with E-state index in [-0.39, 0.29) is 29.5 Å². The summed E-state index contributed by atoms with van der Waals surface area (Å²) >= 11 is 5.55. The highest BCUT2D eigenvalue weighted by Gasteiger charge is 2.17. The zero-order valence-corrected chi connectivity index (χ0v) is 11.6. The van der Waals surface area contributed by atoms with Crippen LogP contribution in [0.15, 0.2) is 36.4 Å². The first-order chi connectivity index (χ1) is 10.0. The number of nitro benzene ring substituents is 1. The monoisotopic (exact) mass is 310 g/mol. The van der Waals surface area contributed by atoms with E-state index in [2.05, 4.69) is 5.32 Å². The van der Waals surface area contributed by atoms with Gasteiger partial charge in [-0.2, -0.15) is 0 Å². The number of hydrogen-bond donors (Lipinski definition) is 2. The van der Waals surface area contributed by atoms with Gasteiger partial charge in [-0.3, -0.25) is 10.1 Å². The van der Waals surface area contributed by atoms with Crippen molar-refractivity contribution in [2.24, 2.45) is 0 Å². The lowest BCUT2D eigenvalue weighted by molar-refractivity contribution is -0.384. The molecule has 0 atom stereocenters. The van der Waals surface area contributed by atoms with Crippen LogP contribution < -0.4 is 5.32 Å². The van der Waals surface area contributed by atoms with Crippen LogP contribution in [0, 0.1) is 15.9 Å². The van der Waals surface area contributed by atoms with Crippen LogP contribution in [0.5, 0.6) is 0 Å². The van der Waals surface area contributed by atoms with Crippen LogP contribution in [0.1, 0.15) is 11.1 Å². The summed E-state index contributed by atoms with van der Waals surface area (Å²) in [7, 11) is 0. The predicted octanol–water partition coefficient (Wildman–Crippen LogP) is 3.49. The Morgan fingerprint density at radius 3 is 2.43 bits per heavy atom. The average Bonchev–Trinajstić information content (AvgIpc) is 2.48. The molecule has 0 fully saturated rings. The number of benzene rings is 2. The van der Waals surface area contributed by atoms with Crippen molar-refractivity contribution in [2.45, 2.75) is 13.2 Å². The summed E-state index contributed by atoms with van der Waals surface area (Å²) in [5.41, 5.74) is 1.39. The molecule has 2 aromatic rings. The first-order valence-corrected chi connectivity index (χ1v) is 6.45. The van der Waals surface area contributed by atoms with Crippen LogP contribution in [0.4, 0.5) is 15.8 Å². The zero-order valence-electron chi connectivity index (χ0n) is 10.8. The third-order valence-corrected chi connectivity index (χ3v) is 3.21. The lowest BCUT2D eigenvalue weighted by Gasteiger charge is -2.08. The molecule has 0 spiro atoms. The molecule has 0 aliphatic rings. The number of rotatable bonds is 5. The topological polar surface area (TPSA) is 75.4 Å². The number of aliphatic hydroxyl groups excluding tert-OH is 1. The maximum atomic E-state index is 13.4. The SMILES string of the molecule is O=[N+]([O-])c1cc(Cl)c(F)cc1NCc1ccc(CO)cc1. The molecule has 2 rings (SSSR count). The van der Waals surface area contributed by atoms with Crippen molar-refractivity contribution >= 4 is 23.0 Å². The minimum Gasteiger partial charge on any atom is -0.392 e. The van der Waals surface area contributed by atoms with Gasteiger partial charge in [-0.1, -0.05) is 35.9 Å². The highest BCUT2D eigenvalue weighted by atomic mass is 35.5. The van der Waals surface area contributed by atoms with Gasteiger partial charge >= 0.3 is 0 Å². The highest BCUT2D eigenvalue weighted by molar-refractivity contribution is 6.31. The van der Waals surface area contributed by atoms with Gasteiger partial charge in [-0.15, -0.1) is 0 Å². The largest absolute Gasteiger partial charge is 0.392 e. The van der Waals surface area contributed by atoms with Crippen molar-refractivity contribution in [1.29, 1.82) is 0 Å². The standard InChI is InChI=1S/C14H12ClFN2O3/c15-11-5-14(18(20)21)13(6-12(11)16)17-7-9-1-3-10(8-19)4-2-9/h1-6,17,19H,7-8H2. The fourth-order valence-corrected chi connectivity index (χ4v) is 1.95. The smallest absolute Gasteiger partial charge is 0.294 e. The van der Waals surface area contributed by atoms with E-state index in [1.165, 1.54) is 0 Å². The third-order valence-electron chi connectivity index (χ3n) is 2.92. The van der Waals surface area contributed by atoms with Crippen molar-refractivity contribution in [3.8, 4) is 0 Å². The van der Waals surface area contributed by atoms with E-state index in [0.717, 1.165) is 23.3 Å². The molecule has 0 saturated heterocycles. The second-order valence-electron chi connectivity index (χ2n) is 4.37. The maximum absolute atomic E-state index is 13.4. The Labute approximate surface area is 125 Å². The van der Waals surface area contributed by atoms with Crippen LogP contribution in [-0.4, -0.2) is 10.0 Å². The van der Waals surface area contributed by atoms with Gasteiger partial charge in [0, 0.05) is 18.7 Å². The fourth-order valence-electron chi connectivity index (χ4n) is 1.79. The summed E-state index contributed by atoms with van der Waals surface area (Å²) in [6, 6.07) is 9.02. The van der Waals surface area contributed by atoms with Crippen molar-refractivity contribution in [1.82, 2.24) is 0 Å². The van der Waals surface area contributed by atoms with Gasteiger partial charge in [-0.25, -0.2) is 4.39 Å². The Bertz CT molecular complexity index is 662. The molecule has 0 radical (unpaired) electrons. The molecule has 0 amide bonds. The molecule has 0 unspecified atom stereocenters. The second-order valence-corrected chi connectivity index (χ2v) is 4.78. The quantitative estimate of drug-likeness (QED) is 0.655. The number of nitrogens with one attached hydrogen (secondary N) is 1. The van der Waals surface area contributed by atoms with Crippen molar-refractivity contribution in [3.05, 3.63) is 68.5 Å². The van der Waals surface area contributed by atoms with E-state index >= 15 is 0 Å². The number of hydrogen-bond acceptors (Lipinski definition) is 4. The fraction of sp³-hybridized carbons (Fsp3) is 0.143. The normalized spacial score (nSPS) is 10.4. The summed E-state index contributed by atoms with van der Waals surface area (Å²) in [5, 5.41) is 22.4. The molecular formula is C14H12ClFN2O3. The van der Waals surface area contributed by atoms with E-state index in [9.17, 15) is 14.5 Å². The van der Waals surface area contributed by atoms with Gasteiger partial charge in [0.2, 0.25) is 0 Å². The lowest BCUT2D eigenvalue weighted by Crippen LogP contribution is -2.03. The molecule has 0 bridgehead atoms. The first kappa shape index (κ1) is 15.2. The molecule has 5 nitrogen and oxygen atoms in total. The minimum absolute atomic E-state index is 0.0540. The van der Waals surface area contributed by atoms with Gasteiger partial charge in [0.05, 0.1) is 16.6 Å². The van der Waals surface area contributed by atoms with Gasteiger partial charge in [0.1, 0.15) is 11.5 Å². The molecule has 0 aromatic heterocycles. The molecule has 0 saturated carbocycles. The molecule has 2 N–H and O–H groups in total. The highest BCUT2D eigenvalue weighted by Crippen LogP contribution is 2.30. The van der Waals surface area contributed by atoms with Crippen molar-refractivity contribution < 1.29 is 14.4 Å². The number of nitro groups is 1. The van der Waals surface area contributed by atoms with E-state index < -0.39 is 10.7 Å². The van der Waals surface area contributed by atoms with Crippen LogP contribution in [0.3, 0.4) is 0 Å². The Kier molecular flexibility index (Phi) is 4.72. The Hall–Kier alpha value is -2.18. The van der Waals surface area contributed by atoms with Gasteiger partial charge in [0.15, 0.2) is 0 Å². The molecule has 0 heterocycles. The lowest BCUT2D eigenvalue weighted by atomic mass is 10.1. The first-order valence-electron chi connectivity index (χ1n) is 6.07. The number of anilines is 1. The van der Waals surface area contributed by atoms with E-state index in [4.69, 9.17) is 16.7 Å². The van der Waals surface area contributed by atoms with Gasteiger partial charge < -0.3 is 10.4 Å². The second kappa shape index (κ2) is 6.51. The molecule has 0 aliphatic carbocycles. The van der Waals surface area contributed by atoms with Gasteiger partial charge in [0.25, 0.3) is 5.69 Å². The maximum Gasteiger partial charge on any atom is 0.294 e. The molecule has 2 aromatic carbocycles. The van der Waals surface area contributed by atoms with Crippen LogP contribution in [0.25, 0.3) is 0 Å². The van der Waals surface area contributed by atoms with E-state index in [1.54, 1.807) is 24.3 Å². The van der Waals surface area contributed by atoms with E-state index in [1.807, 2.05) is 0 Å². The Morgan fingerprint density at radius 2 is 1.86 bits per heavy atom. The van der Waals surface area contributed by atoms with Crippen molar-refractivity contribution in [3.63, 3.8) is 0 Å². The molecule has 21 heavy (non-hydrogen) atoms. The Balaban J connectivity index is 2.18. The molecular weight excluding hydrogens is 299 g/mol. The van der Waals surface area contributed by atoms with Crippen LogP contribution in [-0.2, 0) is 13.2 Å². The Morgan fingerprint density at radius 1 is 1.24 bits per heavy atom. The van der Waals surface area contributed by atoms with Crippen molar-refractivity contribution in [2.75, 3.05) is 5.32 Å². The summed E-state index contributed by atoms with van der Waals surface area (Å²) in [6.07, 6.45) is 0. The molecule has 110 valence electrons. The number of aliphatic hydroxyl groups is 1. The number of nitrogens with zero attached hydrogens (tertiary/aromatic N) is 1. The molecule has 7 heteroatoms. The average molecular weight is 311 g/mol. The predicted molar refractivity (Wildman–Crippen MR) is 77.8 cm³/mol. The number of halogens is 2. The third kappa shape index (κ3) is 3.68. The summed E-state index contributed by atoms with van der Waals surface area (Å²) in [6.45, 7) is 0.231. The van der Waals surface area contributed by atoms with E-state index in [0.29, 0.717) is 0 Å². The summed E-state index contributed by atoms with van der Waals surface area (Å²) in [5.74, 6) is -0.722. The summed E-state index contributed by atoms with van der Waals surface area (Å²) in [4.78, 5) is 10.3.